The van der Waals surface area contributed by atoms with Crippen LogP contribution in [0.4, 0.5) is 5.69 Å². The van der Waals surface area contributed by atoms with Crippen LogP contribution in [0.25, 0.3) is 0 Å². The number of para-hydroxylation sites is 1. The summed E-state index contributed by atoms with van der Waals surface area (Å²) < 4.78 is 0. The first-order valence-electron chi connectivity index (χ1n) is 11.0. The van der Waals surface area contributed by atoms with E-state index in [0.29, 0.717) is 18.1 Å². The third-order valence-electron chi connectivity index (χ3n) is 6.39. The number of thiocarbonyl (C=S) groups is 1. The zero-order chi connectivity index (χ0) is 20.9. The zero-order valence-corrected chi connectivity index (χ0v) is 18.1. The van der Waals surface area contributed by atoms with Crippen molar-refractivity contribution in [1.29, 1.82) is 0 Å². The van der Waals surface area contributed by atoms with E-state index < -0.39 is 0 Å². The number of carbonyl (C=O) groups is 2. The Bertz CT molecular complexity index is 768. The number of fused-ring (bicyclic) bond motifs is 1. The Morgan fingerprint density at radius 2 is 1.93 bits per heavy atom. The van der Waals surface area contributed by atoms with Crippen molar-refractivity contribution in [3.8, 4) is 0 Å². The molecule has 0 radical (unpaired) electrons. The van der Waals surface area contributed by atoms with Gasteiger partial charge in [-0.2, -0.15) is 0 Å². The summed E-state index contributed by atoms with van der Waals surface area (Å²) in [6.07, 6.45) is 5.51. The van der Waals surface area contributed by atoms with Crippen LogP contribution in [-0.4, -0.2) is 71.0 Å². The maximum atomic E-state index is 12.6. The number of anilines is 1. The summed E-state index contributed by atoms with van der Waals surface area (Å²) in [5, 5.41) is 10.2. The molecule has 3 saturated heterocycles. The van der Waals surface area contributed by atoms with Crippen molar-refractivity contribution in [3.05, 3.63) is 30.3 Å². The lowest BCUT2D eigenvalue weighted by molar-refractivity contribution is -0.133. The topological polar surface area (TPSA) is 76.7 Å². The molecule has 0 spiro atoms. The van der Waals surface area contributed by atoms with Crippen LogP contribution in [0.5, 0.6) is 0 Å². The molecule has 2 amide bonds. The van der Waals surface area contributed by atoms with Crippen LogP contribution in [0.2, 0.25) is 0 Å². The van der Waals surface area contributed by atoms with Crippen molar-refractivity contribution in [2.75, 3.05) is 31.5 Å². The third kappa shape index (κ3) is 5.10. The van der Waals surface area contributed by atoms with Crippen LogP contribution in [0.15, 0.2) is 30.3 Å². The second kappa shape index (κ2) is 9.75. The molecule has 0 aliphatic carbocycles. The molecule has 0 aromatic heterocycles. The molecule has 0 saturated carbocycles. The van der Waals surface area contributed by atoms with Gasteiger partial charge in [0, 0.05) is 50.4 Å². The summed E-state index contributed by atoms with van der Waals surface area (Å²) in [7, 11) is 0. The van der Waals surface area contributed by atoms with E-state index in [9.17, 15) is 9.59 Å². The first kappa shape index (κ1) is 21.1. The smallest absolute Gasteiger partial charge is 0.237 e. The molecule has 4 rings (SSSR count). The summed E-state index contributed by atoms with van der Waals surface area (Å²) >= 11 is 5.46. The zero-order valence-electron chi connectivity index (χ0n) is 17.3. The number of nitrogens with one attached hydrogen (secondary N) is 3. The average Bonchev–Trinajstić information content (AvgIpc) is 3.19. The summed E-state index contributed by atoms with van der Waals surface area (Å²) in [5.41, 5.74) is 0.942. The van der Waals surface area contributed by atoms with E-state index in [0.717, 1.165) is 51.0 Å². The molecular formula is C22H31N5O2S. The van der Waals surface area contributed by atoms with Crippen molar-refractivity contribution in [1.82, 2.24) is 20.4 Å². The highest BCUT2D eigenvalue weighted by Crippen LogP contribution is 2.26. The van der Waals surface area contributed by atoms with E-state index in [-0.39, 0.29) is 29.9 Å². The van der Waals surface area contributed by atoms with Gasteiger partial charge >= 0.3 is 0 Å². The second-order valence-corrected chi connectivity index (χ2v) is 8.90. The predicted molar refractivity (Wildman–Crippen MR) is 121 cm³/mol. The van der Waals surface area contributed by atoms with Crippen LogP contribution in [0.1, 0.15) is 38.5 Å². The molecule has 3 atom stereocenters. The Labute approximate surface area is 183 Å². The number of likely N-dealkylation sites (tertiary alicyclic amines) is 1. The van der Waals surface area contributed by atoms with Gasteiger partial charge in [0.2, 0.25) is 11.8 Å². The standard InChI is InChI=1S/C22H31N5O2S/c28-20(26-11-5-2-6-12-26)10-9-18-14-23-21(29)19-13-17(15-27(18)19)25-22(30)24-16-7-3-1-4-8-16/h1,3-4,7-8,17-19H,2,5-6,9-15H2,(H,23,29)(H2,24,25,30)/t17-,18+,19-/m0/s1. The highest BCUT2D eigenvalue weighted by Gasteiger charge is 2.43. The number of piperidine rings is 1. The molecule has 0 bridgehead atoms. The summed E-state index contributed by atoms with van der Waals surface area (Å²) in [6.45, 7) is 3.16. The van der Waals surface area contributed by atoms with Crippen molar-refractivity contribution < 1.29 is 9.59 Å². The number of piperazine rings is 1. The predicted octanol–water partition coefficient (Wildman–Crippen LogP) is 1.71. The highest BCUT2D eigenvalue weighted by atomic mass is 32.1. The maximum absolute atomic E-state index is 12.6. The molecule has 3 aliphatic rings. The van der Waals surface area contributed by atoms with Gasteiger partial charge in [0.05, 0.1) is 6.04 Å². The van der Waals surface area contributed by atoms with E-state index in [1.54, 1.807) is 0 Å². The highest BCUT2D eigenvalue weighted by molar-refractivity contribution is 7.80. The SMILES string of the molecule is O=C1NC[C@@H](CCC(=O)N2CCCCC2)N2C[C@@H](NC(=S)Nc3ccccc3)C[C@@H]12. The molecule has 3 fully saturated rings. The van der Waals surface area contributed by atoms with E-state index >= 15 is 0 Å². The molecular weight excluding hydrogens is 398 g/mol. The van der Waals surface area contributed by atoms with Gasteiger partial charge in [-0.1, -0.05) is 18.2 Å². The van der Waals surface area contributed by atoms with Gasteiger partial charge in [-0.3, -0.25) is 14.5 Å². The van der Waals surface area contributed by atoms with Crippen molar-refractivity contribution in [2.24, 2.45) is 0 Å². The van der Waals surface area contributed by atoms with Crippen molar-refractivity contribution in [2.45, 2.75) is 56.7 Å². The van der Waals surface area contributed by atoms with Gasteiger partial charge in [0.25, 0.3) is 0 Å². The van der Waals surface area contributed by atoms with Gasteiger partial charge in [-0.05, 0) is 56.5 Å². The minimum absolute atomic E-state index is 0.0832. The van der Waals surface area contributed by atoms with Crippen LogP contribution in [0.3, 0.4) is 0 Å². The Morgan fingerprint density at radius 3 is 2.70 bits per heavy atom. The number of hydrogen-bond donors (Lipinski definition) is 3. The van der Waals surface area contributed by atoms with Crippen LogP contribution < -0.4 is 16.0 Å². The molecule has 3 heterocycles. The Morgan fingerprint density at radius 1 is 1.17 bits per heavy atom. The fourth-order valence-electron chi connectivity index (χ4n) is 4.81. The van der Waals surface area contributed by atoms with E-state index in [1.807, 2.05) is 35.2 Å². The summed E-state index contributed by atoms with van der Waals surface area (Å²) in [5.74, 6) is 0.338. The van der Waals surface area contributed by atoms with E-state index in [1.165, 1.54) is 6.42 Å². The van der Waals surface area contributed by atoms with Crippen molar-refractivity contribution >= 4 is 34.8 Å². The Kier molecular flexibility index (Phi) is 6.84. The lowest BCUT2D eigenvalue weighted by Gasteiger charge is -2.37. The molecule has 7 nitrogen and oxygen atoms in total. The number of amides is 2. The first-order valence-corrected chi connectivity index (χ1v) is 11.4. The van der Waals surface area contributed by atoms with Crippen molar-refractivity contribution in [3.63, 3.8) is 0 Å². The molecule has 0 unspecified atom stereocenters. The van der Waals surface area contributed by atoms with Gasteiger partial charge < -0.3 is 20.9 Å². The monoisotopic (exact) mass is 429 g/mol. The number of nitrogens with zero attached hydrogens (tertiary/aromatic N) is 2. The molecule has 3 N–H and O–H groups in total. The minimum Gasteiger partial charge on any atom is -0.358 e. The lowest BCUT2D eigenvalue weighted by atomic mass is 10.0. The largest absolute Gasteiger partial charge is 0.358 e. The normalized spacial score (nSPS) is 26.6. The molecule has 162 valence electrons. The first-order chi connectivity index (χ1) is 14.6. The minimum atomic E-state index is -0.147. The second-order valence-electron chi connectivity index (χ2n) is 8.49. The molecule has 30 heavy (non-hydrogen) atoms. The molecule has 1 aromatic carbocycles. The Balaban J connectivity index is 1.29. The van der Waals surface area contributed by atoms with Gasteiger partial charge in [-0.25, -0.2) is 0 Å². The van der Waals surface area contributed by atoms with Crippen LogP contribution in [0, 0.1) is 0 Å². The fourth-order valence-corrected chi connectivity index (χ4v) is 5.10. The number of benzene rings is 1. The number of rotatable bonds is 5. The average molecular weight is 430 g/mol. The molecule has 3 aliphatic heterocycles. The van der Waals surface area contributed by atoms with E-state index in [2.05, 4.69) is 20.9 Å². The number of carbonyl (C=O) groups excluding carboxylic acids is 2. The summed E-state index contributed by atoms with van der Waals surface area (Å²) in [6, 6.07) is 9.98. The Hall–Kier alpha value is -2.19. The van der Waals surface area contributed by atoms with E-state index in [4.69, 9.17) is 12.2 Å². The van der Waals surface area contributed by atoms with Gasteiger partial charge in [0.15, 0.2) is 5.11 Å². The molecule has 1 aromatic rings. The third-order valence-corrected chi connectivity index (χ3v) is 6.61. The van der Waals surface area contributed by atoms with Gasteiger partial charge in [0.1, 0.15) is 0 Å². The quantitative estimate of drug-likeness (QED) is 0.619. The fraction of sp³-hybridized carbons (Fsp3) is 0.591. The van der Waals surface area contributed by atoms with Gasteiger partial charge in [-0.15, -0.1) is 0 Å². The number of hydrogen-bond acceptors (Lipinski definition) is 4. The van der Waals surface area contributed by atoms with Crippen LogP contribution in [-0.2, 0) is 9.59 Å². The molecule has 8 heteroatoms. The lowest BCUT2D eigenvalue weighted by Crippen LogP contribution is -2.58. The summed E-state index contributed by atoms with van der Waals surface area (Å²) in [4.78, 5) is 29.3. The van der Waals surface area contributed by atoms with Crippen LogP contribution >= 0.6 is 12.2 Å². The maximum Gasteiger partial charge on any atom is 0.237 e.